The zero-order valence-electron chi connectivity index (χ0n) is 13.0. The third kappa shape index (κ3) is 3.57. The number of aromatic nitrogens is 3. The highest BCUT2D eigenvalue weighted by Gasteiger charge is 2.23. The summed E-state index contributed by atoms with van der Waals surface area (Å²) in [6.45, 7) is 3.19. The number of aliphatic hydroxyl groups is 1. The van der Waals surface area contributed by atoms with E-state index in [0.717, 1.165) is 29.7 Å². The molecule has 1 aliphatic carbocycles. The van der Waals surface area contributed by atoms with Crippen molar-refractivity contribution in [1.29, 1.82) is 5.26 Å². The van der Waals surface area contributed by atoms with Crippen molar-refractivity contribution in [2.24, 2.45) is 0 Å². The maximum atomic E-state index is 9.97. The van der Waals surface area contributed by atoms with Gasteiger partial charge in [0.25, 0.3) is 0 Å². The molecule has 0 aliphatic heterocycles. The van der Waals surface area contributed by atoms with E-state index in [4.69, 9.17) is 16.9 Å². The number of imidazole rings is 1. The quantitative estimate of drug-likeness (QED) is 0.842. The van der Waals surface area contributed by atoms with Crippen LogP contribution in [0.1, 0.15) is 63.9 Å². The van der Waals surface area contributed by atoms with Crippen LogP contribution in [-0.2, 0) is 0 Å². The highest BCUT2D eigenvalue weighted by molar-refractivity contribution is 6.29. The van der Waals surface area contributed by atoms with E-state index in [0.29, 0.717) is 11.2 Å². The highest BCUT2D eigenvalue weighted by atomic mass is 35.5. The molecular weight excluding hydrogens is 300 g/mol. The minimum Gasteiger partial charge on any atom is -0.385 e. The van der Waals surface area contributed by atoms with Gasteiger partial charge in [-0.25, -0.2) is 9.97 Å². The Labute approximate surface area is 135 Å². The van der Waals surface area contributed by atoms with E-state index < -0.39 is 6.10 Å². The van der Waals surface area contributed by atoms with Gasteiger partial charge >= 0.3 is 0 Å². The van der Waals surface area contributed by atoms with Crippen molar-refractivity contribution < 1.29 is 5.11 Å². The molecule has 3 rings (SSSR count). The lowest BCUT2D eigenvalue weighted by Gasteiger charge is -2.26. The molecule has 5 nitrogen and oxygen atoms in total. The van der Waals surface area contributed by atoms with Crippen molar-refractivity contribution in [1.82, 2.24) is 14.5 Å². The first-order chi connectivity index (χ1) is 10.6. The number of hydrogen-bond acceptors (Lipinski definition) is 4. The van der Waals surface area contributed by atoms with Crippen molar-refractivity contribution in [2.75, 3.05) is 0 Å². The van der Waals surface area contributed by atoms with Gasteiger partial charge in [-0.15, -0.1) is 0 Å². The largest absolute Gasteiger partial charge is 0.385 e. The lowest BCUT2D eigenvalue weighted by atomic mass is 9.95. The van der Waals surface area contributed by atoms with E-state index in [1.165, 1.54) is 26.2 Å². The summed E-state index contributed by atoms with van der Waals surface area (Å²) < 4.78 is 2.17. The fraction of sp³-hybridized carbons (Fsp3) is 0.562. The Balaban J connectivity index is 0.000000545. The minimum atomic E-state index is -0.576. The van der Waals surface area contributed by atoms with E-state index in [9.17, 15) is 5.11 Å². The molecule has 1 N–H and O–H groups in total. The Kier molecular flexibility index (Phi) is 5.76. The van der Waals surface area contributed by atoms with Gasteiger partial charge in [-0.1, -0.05) is 30.9 Å². The van der Waals surface area contributed by atoms with Crippen LogP contribution >= 0.6 is 11.6 Å². The predicted molar refractivity (Wildman–Crippen MR) is 86.6 cm³/mol. The second-order valence-corrected chi connectivity index (χ2v) is 5.91. The zero-order valence-corrected chi connectivity index (χ0v) is 13.7. The van der Waals surface area contributed by atoms with Crippen LogP contribution in [0.25, 0.3) is 11.0 Å². The molecule has 1 fully saturated rings. The van der Waals surface area contributed by atoms with E-state index in [-0.39, 0.29) is 0 Å². The molecule has 22 heavy (non-hydrogen) atoms. The molecule has 1 atom stereocenters. The Morgan fingerprint density at radius 3 is 2.64 bits per heavy atom. The molecule has 6 heteroatoms. The predicted octanol–water partition coefficient (Wildman–Crippen LogP) is 4.17. The van der Waals surface area contributed by atoms with E-state index in [1.807, 2.05) is 6.07 Å². The minimum absolute atomic E-state index is 0.418. The molecule has 0 amide bonds. The fourth-order valence-corrected chi connectivity index (χ4v) is 3.16. The number of pyridine rings is 1. The van der Waals surface area contributed by atoms with Crippen LogP contribution in [0.2, 0.25) is 5.15 Å². The average molecular weight is 321 g/mol. The Hall–Kier alpha value is -1.64. The molecule has 0 spiro atoms. The van der Waals surface area contributed by atoms with Gasteiger partial charge in [-0.2, -0.15) is 5.26 Å². The fourth-order valence-electron chi connectivity index (χ4n) is 3.01. The topological polar surface area (TPSA) is 74.7 Å². The van der Waals surface area contributed by atoms with Gasteiger partial charge in [0.2, 0.25) is 0 Å². The van der Waals surface area contributed by atoms with Gasteiger partial charge in [0, 0.05) is 19.0 Å². The second kappa shape index (κ2) is 7.57. The summed E-state index contributed by atoms with van der Waals surface area (Å²) in [5.74, 6) is 0.728. The Bertz CT molecular complexity index is 669. The van der Waals surface area contributed by atoms with Crippen LogP contribution in [0.15, 0.2) is 12.3 Å². The zero-order chi connectivity index (χ0) is 16.1. The maximum absolute atomic E-state index is 9.97. The van der Waals surface area contributed by atoms with Gasteiger partial charge < -0.3 is 9.67 Å². The van der Waals surface area contributed by atoms with E-state index >= 15 is 0 Å². The van der Waals surface area contributed by atoms with Gasteiger partial charge in [0.05, 0.1) is 17.8 Å². The van der Waals surface area contributed by atoms with Crippen LogP contribution in [0, 0.1) is 11.3 Å². The molecule has 0 saturated heterocycles. The van der Waals surface area contributed by atoms with Crippen LogP contribution in [0.5, 0.6) is 0 Å². The summed E-state index contributed by atoms with van der Waals surface area (Å²) in [5, 5.41) is 17.8. The lowest BCUT2D eigenvalue weighted by molar-refractivity contribution is 0.178. The lowest BCUT2D eigenvalue weighted by Crippen LogP contribution is -2.16. The first-order valence-corrected chi connectivity index (χ1v) is 7.98. The number of nitrogens with zero attached hydrogens (tertiary/aromatic N) is 4. The van der Waals surface area contributed by atoms with Gasteiger partial charge in [0.15, 0.2) is 0 Å². The summed E-state index contributed by atoms with van der Waals surface area (Å²) in [4.78, 5) is 8.59. The van der Waals surface area contributed by atoms with Crippen molar-refractivity contribution in [2.45, 2.75) is 58.1 Å². The molecule has 0 aromatic carbocycles. The number of halogens is 1. The SMILES string of the molecule is CC#N.CC(O)c1nc2cnc(Cl)cc2n1C1CCCCC1. The summed E-state index contributed by atoms with van der Waals surface area (Å²) in [6, 6.07) is 4.02. The molecular formula is C16H21ClN4O. The molecule has 1 saturated carbocycles. The normalized spacial score (nSPS) is 16.7. The van der Waals surface area contributed by atoms with Gasteiger partial charge in [0.1, 0.15) is 22.6 Å². The summed E-state index contributed by atoms with van der Waals surface area (Å²) in [6.07, 6.45) is 7.17. The van der Waals surface area contributed by atoms with E-state index in [1.54, 1.807) is 19.2 Å². The van der Waals surface area contributed by atoms with Crippen LogP contribution in [-0.4, -0.2) is 19.6 Å². The smallest absolute Gasteiger partial charge is 0.138 e. The molecule has 0 bridgehead atoms. The maximum Gasteiger partial charge on any atom is 0.138 e. The average Bonchev–Trinajstić information content (AvgIpc) is 2.87. The summed E-state index contributed by atoms with van der Waals surface area (Å²) >= 11 is 6.00. The highest BCUT2D eigenvalue weighted by Crippen LogP contribution is 2.34. The molecule has 118 valence electrons. The standard InChI is InChI=1S/C14H18ClN3O.C2H3N/c1-9(19)14-17-11-8-16-13(15)7-12(11)18(14)10-5-3-2-4-6-10;1-2-3/h7-10,19H,2-6H2,1H3;1H3. The Morgan fingerprint density at radius 1 is 1.41 bits per heavy atom. The molecule has 1 unspecified atom stereocenters. The van der Waals surface area contributed by atoms with Crippen LogP contribution in [0.3, 0.4) is 0 Å². The monoisotopic (exact) mass is 320 g/mol. The van der Waals surface area contributed by atoms with E-state index in [2.05, 4.69) is 14.5 Å². The second-order valence-electron chi connectivity index (χ2n) is 5.53. The van der Waals surface area contributed by atoms with Crippen LogP contribution in [0.4, 0.5) is 0 Å². The number of aliphatic hydroxyl groups excluding tert-OH is 1. The third-order valence-corrected chi connectivity index (χ3v) is 4.09. The van der Waals surface area contributed by atoms with Crippen molar-refractivity contribution in [3.63, 3.8) is 0 Å². The molecule has 2 aromatic rings. The van der Waals surface area contributed by atoms with Gasteiger partial charge in [-0.3, -0.25) is 0 Å². The third-order valence-electron chi connectivity index (χ3n) is 3.88. The molecule has 2 heterocycles. The van der Waals surface area contributed by atoms with Crippen molar-refractivity contribution in [3.05, 3.63) is 23.2 Å². The molecule has 0 radical (unpaired) electrons. The molecule has 2 aromatic heterocycles. The van der Waals surface area contributed by atoms with Crippen molar-refractivity contribution >= 4 is 22.6 Å². The summed E-state index contributed by atoms with van der Waals surface area (Å²) in [5.41, 5.74) is 1.80. The first kappa shape index (κ1) is 16.7. The first-order valence-electron chi connectivity index (χ1n) is 7.60. The van der Waals surface area contributed by atoms with Crippen LogP contribution < -0.4 is 0 Å². The number of hydrogen-bond donors (Lipinski definition) is 1. The molecule has 1 aliphatic rings. The Morgan fingerprint density at radius 2 is 2.05 bits per heavy atom. The van der Waals surface area contributed by atoms with Gasteiger partial charge in [-0.05, 0) is 19.8 Å². The van der Waals surface area contributed by atoms with Crippen molar-refractivity contribution in [3.8, 4) is 6.07 Å². The number of rotatable bonds is 2. The number of fused-ring (bicyclic) bond motifs is 1. The number of nitriles is 1. The summed E-state index contributed by atoms with van der Waals surface area (Å²) in [7, 11) is 0.